The first-order valence-electron chi connectivity index (χ1n) is 7.97. The van der Waals surface area contributed by atoms with E-state index in [1.807, 2.05) is 12.3 Å². The summed E-state index contributed by atoms with van der Waals surface area (Å²) in [7, 11) is 0. The standard InChI is InChI=1S/C17H26N2O/c1-17(2,19-11-3-4-12-19)16(20)14-9-5-7-13-8-6-10-18-15(13)14/h6,8,10,14,16,20H,3-5,7,9,11-12H2,1-2H3. The molecule has 1 N–H and O–H groups in total. The third kappa shape index (κ3) is 2.38. The molecule has 1 fully saturated rings. The Morgan fingerprint density at radius 2 is 2.05 bits per heavy atom. The molecule has 20 heavy (non-hydrogen) atoms. The molecule has 1 aliphatic carbocycles. The van der Waals surface area contributed by atoms with Crippen molar-refractivity contribution in [1.29, 1.82) is 0 Å². The number of nitrogens with zero attached hydrogens (tertiary/aromatic N) is 2. The van der Waals surface area contributed by atoms with E-state index >= 15 is 0 Å². The molecular weight excluding hydrogens is 248 g/mol. The molecule has 0 bridgehead atoms. The predicted octanol–water partition coefficient (Wildman–Crippen LogP) is 2.74. The number of pyridine rings is 1. The van der Waals surface area contributed by atoms with Gasteiger partial charge in [-0.2, -0.15) is 0 Å². The number of aliphatic hydroxyl groups is 1. The molecule has 2 aliphatic rings. The van der Waals surface area contributed by atoms with Crippen molar-refractivity contribution in [2.24, 2.45) is 0 Å². The summed E-state index contributed by atoms with van der Waals surface area (Å²) >= 11 is 0. The molecule has 0 saturated carbocycles. The molecule has 2 heterocycles. The predicted molar refractivity (Wildman–Crippen MR) is 80.8 cm³/mol. The number of aliphatic hydroxyl groups excluding tert-OH is 1. The molecule has 1 aromatic heterocycles. The van der Waals surface area contributed by atoms with Gasteiger partial charge in [0.25, 0.3) is 0 Å². The van der Waals surface area contributed by atoms with Crippen LogP contribution in [0.3, 0.4) is 0 Å². The van der Waals surface area contributed by atoms with Crippen molar-refractivity contribution in [3.63, 3.8) is 0 Å². The van der Waals surface area contributed by atoms with Crippen LogP contribution >= 0.6 is 0 Å². The zero-order valence-electron chi connectivity index (χ0n) is 12.7. The van der Waals surface area contributed by atoms with Crippen molar-refractivity contribution < 1.29 is 5.11 Å². The van der Waals surface area contributed by atoms with Crippen LogP contribution in [0.4, 0.5) is 0 Å². The highest BCUT2D eigenvalue weighted by atomic mass is 16.3. The maximum atomic E-state index is 11.0. The lowest BCUT2D eigenvalue weighted by Gasteiger charge is -2.43. The minimum atomic E-state index is -0.338. The Bertz CT molecular complexity index is 466. The van der Waals surface area contributed by atoms with Crippen molar-refractivity contribution >= 4 is 0 Å². The topological polar surface area (TPSA) is 36.4 Å². The van der Waals surface area contributed by atoms with Gasteiger partial charge in [0.05, 0.1) is 6.10 Å². The first-order valence-corrected chi connectivity index (χ1v) is 7.97. The summed E-state index contributed by atoms with van der Waals surface area (Å²) in [4.78, 5) is 7.04. The highest BCUT2D eigenvalue weighted by molar-refractivity contribution is 5.28. The molecule has 1 aromatic rings. The van der Waals surface area contributed by atoms with Crippen molar-refractivity contribution in [2.75, 3.05) is 13.1 Å². The first-order chi connectivity index (χ1) is 9.60. The Kier molecular flexibility index (Phi) is 3.83. The maximum Gasteiger partial charge on any atom is 0.0802 e. The molecule has 0 radical (unpaired) electrons. The van der Waals surface area contributed by atoms with Gasteiger partial charge in [0, 0.05) is 23.3 Å². The number of rotatable bonds is 3. The smallest absolute Gasteiger partial charge is 0.0802 e. The zero-order valence-corrected chi connectivity index (χ0v) is 12.7. The van der Waals surface area contributed by atoms with Gasteiger partial charge in [-0.3, -0.25) is 9.88 Å². The average Bonchev–Trinajstić information content (AvgIpc) is 3.01. The molecule has 2 unspecified atom stereocenters. The highest BCUT2D eigenvalue weighted by Gasteiger charge is 2.42. The van der Waals surface area contributed by atoms with Crippen LogP contribution in [0.15, 0.2) is 18.3 Å². The molecule has 1 aliphatic heterocycles. The normalized spacial score (nSPS) is 25.4. The Hall–Kier alpha value is -0.930. The Morgan fingerprint density at radius 3 is 2.80 bits per heavy atom. The van der Waals surface area contributed by atoms with Gasteiger partial charge >= 0.3 is 0 Å². The molecule has 3 heteroatoms. The zero-order chi connectivity index (χ0) is 14.2. The van der Waals surface area contributed by atoms with E-state index in [4.69, 9.17) is 0 Å². The van der Waals surface area contributed by atoms with E-state index in [0.717, 1.165) is 38.0 Å². The van der Waals surface area contributed by atoms with Crippen molar-refractivity contribution in [1.82, 2.24) is 9.88 Å². The molecule has 1 saturated heterocycles. The maximum absolute atomic E-state index is 11.0. The molecule has 2 atom stereocenters. The Labute approximate surface area is 122 Å². The lowest BCUT2D eigenvalue weighted by atomic mass is 9.76. The van der Waals surface area contributed by atoms with Crippen LogP contribution in [-0.2, 0) is 6.42 Å². The number of hydrogen-bond donors (Lipinski definition) is 1. The Morgan fingerprint density at radius 1 is 1.30 bits per heavy atom. The van der Waals surface area contributed by atoms with E-state index in [2.05, 4.69) is 29.8 Å². The van der Waals surface area contributed by atoms with Gasteiger partial charge in [-0.05, 0) is 70.7 Å². The number of aryl methyl sites for hydroxylation is 1. The second-order valence-corrected chi connectivity index (χ2v) is 6.84. The van der Waals surface area contributed by atoms with Crippen LogP contribution in [0.5, 0.6) is 0 Å². The van der Waals surface area contributed by atoms with E-state index in [1.165, 1.54) is 18.4 Å². The third-order valence-corrected chi connectivity index (χ3v) is 5.26. The SMILES string of the molecule is CC(C)(C(O)C1CCCc2cccnc21)N1CCCC1. The molecule has 110 valence electrons. The number of hydrogen-bond acceptors (Lipinski definition) is 3. The number of aromatic nitrogens is 1. The average molecular weight is 274 g/mol. The van der Waals surface area contributed by atoms with E-state index in [-0.39, 0.29) is 17.6 Å². The van der Waals surface area contributed by atoms with Crippen molar-refractivity contribution in [2.45, 2.75) is 63.5 Å². The molecule has 3 rings (SSSR count). The fourth-order valence-electron chi connectivity index (χ4n) is 3.93. The largest absolute Gasteiger partial charge is 0.391 e. The second kappa shape index (κ2) is 5.45. The van der Waals surface area contributed by atoms with Crippen LogP contribution in [-0.4, -0.2) is 39.7 Å². The molecular formula is C17H26N2O. The van der Waals surface area contributed by atoms with Gasteiger partial charge in [0.2, 0.25) is 0 Å². The van der Waals surface area contributed by atoms with Crippen LogP contribution in [0.1, 0.15) is 56.7 Å². The summed E-state index contributed by atoms with van der Waals surface area (Å²) in [5.41, 5.74) is 2.31. The quantitative estimate of drug-likeness (QED) is 0.920. The minimum Gasteiger partial charge on any atom is -0.391 e. The monoisotopic (exact) mass is 274 g/mol. The summed E-state index contributed by atoms with van der Waals surface area (Å²) in [5, 5.41) is 11.0. The summed E-state index contributed by atoms with van der Waals surface area (Å²) in [6.45, 7) is 6.62. The Balaban J connectivity index is 1.85. The van der Waals surface area contributed by atoms with Crippen LogP contribution in [0, 0.1) is 0 Å². The highest BCUT2D eigenvalue weighted by Crippen LogP contribution is 2.38. The number of fused-ring (bicyclic) bond motifs is 1. The van der Waals surface area contributed by atoms with Crippen LogP contribution in [0.25, 0.3) is 0 Å². The fourth-order valence-corrected chi connectivity index (χ4v) is 3.93. The fraction of sp³-hybridized carbons (Fsp3) is 0.706. The molecule has 0 amide bonds. The van der Waals surface area contributed by atoms with Gasteiger partial charge in [-0.25, -0.2) is 0 Å². The van der Waals surface area contributed by atoms with Gasteiger partial charge in [0.1, 0.15) is 0 Å². The van der Waals surface area contributed by atoms with E-state index in [1.54, 1.807) is 0 Å². The van der Waals surface area contributed by atoms with Crippen LogP contribution < -0.4 is 0 Å². The summed E-state index contributed by atoms with van der Waals surface area (Å²) < 4.78 is 0. The minimum absolute atomic E-state index is 0.159. The van der Waals surface area contributed by atoms with Crippen LogP contribution in [0.2, 0.25) is 0 Å². The van der Waals surface area contributed by atoms with Gasteiger partial charge in [-0.15, -0.1) is 0 Å². The van der Waals surface area contributed by atoms with E-state index in [9.17, 15) is 5.11 Å². The molecule has 0 aromatic carbocycles. The number of likely N-dealkylation sites (tertiary alicyclic amines) is 1. The molecule has 3 nitrogen and oxygen atoms in total. The summed E-state index contributed by atoms with van der Waals surface area (Å²) in [6, 6.07) is 4.18. The van der Waals surface area contributed by atoms with E-state index in [0.29, 0.717) is 0 Å². The summed E-state index contributed by atoms with van der Waals surface area (Å²) in [6.07, 6.45) is 7.38. The lowest BCUT2D eigenvalue weighted by Crippen LogP contribution is -2.53. The summed E-state index contributed by atoms with van der Waals surface area (Å²) in [5.74, 6) is 0.190. The third-order valence-electron chi connectivity index (χ3n) is 5.26. The van der Waals surface area contributed by atoms with Crippen molar-refractivity contribution in [3.8, 4) is 0 Å². The van der Waals surface area contributed by atoms with Gasteiger partial charge in [-0.1, -0.05) is 6.07 Å². The van der Waals surface area contributed by atoms with Gasteiger partial charge < -0.3 is 5.11 Å². The van der Waals surface area contributed by atoms with Crippen molar-refractivity contribution in [3.05, 3.63) is 29.6 Å². The second-order valence-electron chi connectivity index (χ2n) is 6.84. The molecule has 0 spiro atoms. The first kappa shape index (κ1) is 14.0. The van der Waals surface area contributed by atoms with E-state index < -0.39 is 0 Å². The van der Waals surface area contributed by atoms with Gasteiger partial charge in [0.15, 0.2) is 0 Å². The lowest BCUT2D eigenvalue weighted by molar-refractivity contribution is -0.0176.